The summed E-state index contributed by atoms with van der Waals surface area (Å²) in [6.07, 6.45) is 5.32. The van der Waals surface area contributed by atoms with Crippen molar-refractivity contribution in [2.24, 2.45) is 0 Å². The number of nitrogens with zero attached hydrogens (tertiary/aromatic N) is 4. The van der Waals surface area contributed by atoms with Crippen LogP contribution in [0.2, 0.25) is 0 Å². The molecule has 3 aromatic rings. The molecule has 1 aromatic carbocycles. The molecular weight excluding hydrogens is 246 g/mol. The van der Waals surface area contributed by atoms with E-state index in [1.54, 1.807) is 29.0 Å². The van der Waals surface area contributed by atoms with Gasteiger partial charge in [-0.05, 0) is 24.5 Å². The van der Waals surface area contributed by atoms with Gasteiger partial charge in [0, 0.05) is 17.1 Å². The zero-order chi connectivity index (χ0) is 12.5. The van der Waals surface area contributed by atoms with Gasteiger partial charge in [0.15, 0.2) is 5.82 Å². The number of nitrogens with two attached hydrogens (primary N) is 1. The van der Waals surface area contributed by atoms with Crippen LogP contribution >= 0.6 is 11.8 Å². The van der Waals surface area contributed by atoms with E-state index >= 15 is 0 Å². The van der Waals surface area contributed by atoms with E-state index in [2.05, 4.69) is 15.1 Å². The Morgan fingerprint density at radius 3 is 2.94 bits per heavy atom. The lowest BCUT2D eigenvalue weighted by Gasteiger charge is -2.03. The zero-order valence-electron chi connectivity index (χ0n) is 9.74. The van der Waals surface area contributed by atoms with Crippen LogP contribution in [0.5, 0.6) is 0 Å². The smallest absolute Gasteiger partial charge is 0.158 e. The Balaban J connectivity index is 2.21. The Morgan fingerprint density at radius 2 is 2.11 bits per heavy atom. The number of thioether (sulfide) groups is 1. The topological polar surface area (TPSA) is 69.6 Å². The van der Waals surface area contributed by atoms with E-state index in [-0.39, 0.29) is 0 Å². The highest BCUT2D eigenvalue weighted by molar-refractivity contribution is 7.98. The summed E-state index contributed by atoms with van der Waals surface area (Å²) in [5, 5.41) is 6.29. The lowest BCUT2D eigenvalue weighted by molar-refractivity contribution is 0.851. The molecule has 0 amide bonds. The number of rotatable bonds is 2. The normalized spacial score (nSPS) is 10.9. The number of anilines is 1. The fourth-order valence-corrected chi connectivity index (χ4v) is 2.15. The molecule has 3 rings (SSSR count). The number of hydrogen-bond acceptors (Lipinski definition) is 5. The van der Waals surface area contributed by atoms with Crippen LogP contribution < -0.4 is 5.73 Å². The number of hydrogen-bond donors (Lipinski definition) is 1. The summed E-state index contributed by atoms with van der Waals surface area (Å²) in [5.74, 6) is 0.745. The molecule has 0 radical (unpaired) electrons. The summed E-state index contributed by atoms with van der Waals surface area (Å²) in [7, 11) is 0. The molecular formula is C12H11N5S. The Labute approximate surface area is 108 Å². The average molecular weight is 257 g/mol. The molecule has 0 bridgehead atoms. The van der Waals surface area contributed by atoms with Gasteiger partial charge in [-0.1, -0.05) is 0 Å². The van der Waals surface area contributed by atoms with E-state index < -0.39 is 0 Å². The molecule has 2 N–H and O–H groups in total. The molecule has 0 unspecified atom stereocenters. The van der Waals surface area contributed by atoms with Crippen LogP contribution in [0.15, 0.2) is 41.8 Å². The van der Waals surface area contributed by atoms with E-state index in [0.717, 1.165) is 21.7 Å². The standard InChI is InChI=1S/C12H11N5S/c1-18-12-5-11(14-7-15-12)17-10-4-9(13)3-2-8(10)6-16-17/h2-7H,13H2,1H3. The van der Waals surface area contributed by atoms with Crippen molar-refractivity contribution in [3.05, 3.63) is 36.8 Å². The van der Waals surface area contributed by atoms with Crippen molar-refractivity contribution in [2.75, 3.05) is 12.0 Å². The molecule has 0 spiro atoms. The van der Waals surface area contributed by atoms with Crippen molar-refractivity contribution >= 4 is 28.4 Å². The van der Waals surface area contributed by atoms with Gasteiger partial charge in [0.05, 0.1) is 11.7 Å². The molecule has 90 valence electrons. The first-order valence-corrected chi connectivity index (χ1v) is 6.60. The van der Waals surface area contributed by atoms with E-state index in [4.69, 9.17) is 5.73 Å². The zero-order valence-corrected chi connectivity index (χ0v) is 10.6. The maximum absolute atomic E-state index is 5.81. The van der Waals surface area contributed by atoms with E-state index in [9.17, 15) is 0 Å². The first-order valence-electron chi connectivity index (χ1n) is 5.37. The Hall–Kier alpha value is -2.08. The third-order valence-corrected chi connectivity index (χ3v) is 3.29. The van der Waals surface area contributed by atoms with Crippen LogP contribution in [0, 0.1) is 0 Å². The third-order valence-electron chi connectivity index (χ3n) is 2.65. The highest BCUT2D eigenvalue weighted by Crippen LogP contribution is 2.21. The molecule has 0 fully saturated rings. The second-order valence-electron chi connectivity index (χ2n) is 3.79. The molecule has 2 aromatic heterocycles. The first kappa shape index (κ1) is 11.0. The second-order valence-corrected chi connectivity index (χ2v) is 4.62. The number of benzene rings is 1. The predicted octanol–water partition coefficient (Wildman–Crippen LogP) is 2.12. The van der Waals surface area contributed by atoms with Gasteiger partial charge in [0.1, 0.15) is 11.4 Å². The lowest BCUT2D eigenvalue weighted by Crippen LogP contribution is -2.00. The maximum Gasteiger partial charge on any atom is 0.158 e. The molecule has 2 heterocycles. The monoisotopic (exact) mass is 257 g/mol. The number of fused-ring (bicyclic) bond motifs is 1. The van der Waals surface area contributed by atoms with E-state index in [1.165, 1.54) is 0 Å². The quantitative estimate of drug-likeness (QED) is 0.432. The third kappa shape index (κ3) is 1.80. The minimum atomic E-state index is 0.711. The Bertz CT molecular complexity index is 707. The van der Waals surface area contributed by atoms with Gasteiger partial charge in [0.25, 0.3) is 0 Å². The number of nitrogen functional groups attached to an aromatic ring is 1. The number of aromatic nitrogens is 4. The summed E-state index contributed by atoms with van der Waals surface area (Å²) >= 11 is 1.57. The summed E-state index contributed by atoms with van der Waals surface area (Å²) < 4.78 is 1.77. The van der Waals surface area contributed by atoms with Gasteiger partial charge in [-0.15, -0.1) is 11.8 Å². The van der Waals surface area contributed by atoms with Crippen molar-refractivity contribution < 1.29 is 0 Å². The summed E-state index contributed by atoms with van der Waals surface area (Å²) in [6, 6.07) is 7.61. The predicted molar refractivity (Wildman–Crippen MR) is 72.9 cm³/mol. The Kier molecular flexibility index (Phi) is 2.64. The van der Waals surface area contributed by atoms with Crippen molar-refractivity contribution in [1.82, 2.24) is 19.7 Å². The van der Waals surface area contributed by atoms with Crippen LogP contribution in [0.1, 0.15) is 0 Å². The van der Waals surface area contributed by atoms with Crippen molar-refractivity contribution in [2.45, 2.75) is 5.03 Å². The van der Waals surface area contributed by atoms with Crippen LogP contribution in [0.3, 0.4) is 0 Å². The summed E-state index contributed by atoms with van der Waals surface area (Å²) in [5.41, 5.74) is 7.46. The molecule has 0 aliphatic heterocycles. The molecule has 0 aliphatic carbocycles. The molecule has 18 heavy (non-hydrogen) atoms. The van der Waals surface area contributed by atoms with Gasteiger partial charge in [-0.25, -0.2) is 14.6 Å². The minimum Gasteiger partial charge on any atom is -0.399 e. The average Bonchev–Trinajstić information content (AvgIpc) is 2.81. The van der Waals surface area contributed by atoms with Gasteiger partial charge in [-0.3, -0.25) is 0 Å². The van der Waals surface area contributed by atoms with Gasteiger partial charge < -0.3 is 5.73 Å². The first-order chi connectivity index (χ1) is 8.78. The van der Waals surface area contributed by atoms with Crippen molar-refractivity contribution in [1.29, 1.82) is 0 Å². The molecule has 6 heteroatoms. The van der Waals surface area contributed by atoms with Gasteiger partial charge >= 0.3 is 0 Å². The van der Waals surface area contributed by atoms with Crippen LogP contribution in [-0.2, 0) is 0 Å². The van der Waals surface area contributed by atoms with Gasteiger partial charge in [-0.2, -0.15) is 5.10 Å². The maximum atomic E-state index is 5.81. The largest absolute Gasteiger partial charge is 0.399 e. The van der Waals surface area contributed by atoms with E-state index in [1.807, 2.05) is 30.5 Å². The van der Waals surface area contributed by atoms with Gasteiger partial charge in [0.2, 0.25) is 0 Å². The van der Waals surface area contributed by atoms with Crippen LogP contribution in [0.25, 0.3) is 16.7 Å². The SMILES string of the molecule is CSc1cc(-n2ncc3ccc(N)cc32)ncn1. The molecule has 0 atom stereocenters. The molecule has 0 aliphatic rings. The molecule has 0 saturated carbocycles. The van der Waals surface area contributed by atoms with Crippen LogP contribution in [-0.4, -0.2) is 26.0 Å². The molecule has 5 nitrogen and oxygen atoms in total. The molecule has 0 saturated heterocycles. The Morgan fingerprint density at radius 1 is 1.22 bits per heavy atom. The lowest BCUT2D eigenvalue weighted by atomic mass is 10.2. The minimum absolute atomic E-state index is 0.711. The second kappa shape index (κ2) is 4.30. The highest BCUT2D eigenvalue weighted by Gasteiger charge is 2.07. The van der Waals surface area contributed by atoms with Crippen molar-refractivity contribution in [3.63, 3.8) is 0 Å². The summed E-state index contributed by atoms with van der Waals surface area (Å²) in [6.45, 7) is 0. The summed E-state index contributed by atoms with van der Waals surface area (Å²) in [4.78, 5) is 8.40. The van der Waals surface area contributed by atoms with Crippen molar-refractivity contribution in [3.8, 4) is 5.82 Å². The highest BCUT2D eigenvalue weighted by atomic mass is 32.2. The fraction of sp³-hybridized carbons (Fsp3) is 0.0833. The van der Waals surface area contributed by atoms with Crippen LogP contribution in [0.4, 0.5) is 5.69 Å². The fourth-order valence-electron chi connectivity index (χ4n) is 1.78. The van der Waals surface area contributed by atoms with E-state index in [0.29, 0.717) is 5.69 Å².